The fourth-order valence-corrected chi connectivity index (χ4v) is 2.79. The van der Waals surface area contributed by atoms with Crippen molar-refractivity contribution in [2.75, 3.05) is 7.11 Å². The van der Waals surface area contributed by atoms with Crippen LogP contribution in [-0.2, 0) is 10.2 Å². The Bertz CT molecular complexity index is 866. The van der Waals surface area contributed by atoms with Crippen LogP contribution in [0.1, 0.15) is 36.7 Å². The first kappa shape index (κ1) is 17.0. The predicted molar refractivity (Wildman–Crippen MR) is 102 cm³/mol. The minimum atomic E-state index is -0.322. The maximum Gasteiger partial charge on any atom is 0.337 e. The second kappa shape index (κ2) is 6.60. The van der Waals surface area contributed by atoms with Gasteiger partial charge in [0.1, 0.15) is 0 Å². The number of methoxy groups -OCH3 is 1. The van der Waals surface area contributed by atoms with Crippen LogP contribution in [0.2, 0.25) is 0 Å². The molecular formula is C22H23NO2. The van der Waals surface area contributed by atoms with Crippen LogP contribution in [0.5, 0.6) is 0 Å². The Balaban J connectivity index is 1.84. The Morgan fingerprint density at radius 3 is 1.72 bits per heavy atom. The fraction of sp³-hybridized carbons (Fsp3) is 0.227. The summed E-state index contributed by atoms with van der Waals surface area (Å²) in [6.45, 7) is 6.65. The van der Waals surface area contributed by atoms with Crippen LogP contribution in [0.25, 0.3) is 22.5 Å². The van der Waals surface area contributed by atoms with Crippen LogP contribution in [0.4, 0.5) is 0 Å². The number of carbonyl (C=O) groups is 1. The van der Waals surface area contributed by atoms with E-state index in [1.54, 1.807) is 12.1 Å². The lowest BCUT2D eigenvalue weighted by Crippen LogP contribution is -2.10. The van der Waals surface area contributed by atoms with E-state index in [1.165, 1.54) is 12.7 Å². The number of rotatable bonds is 3. The van der Waals surface area contributed by atoms with Crippen molar-refractivity contribution in [3.05, 3.63) is 71.8 Å². The van der Waals surface area contributed by atoms with E-state index in [0.717, 1.165) is 22.5 Å². The zero-order valence-corrected chi connectivity index (χ0v) is 15.1. The summed E-state index contributed by atoms with van der Waals surface area (Å²) >= 11 is 0. The van der Waals surface area contributed by atoms with Gasteiger partial charge in [-0.2, -0.15) is 0 Å². The summed E-state index contributed by atoms with van der Waals surface area (Å²) in [4.78, 5) is 15.0. The molecule has 1 aromatic heterocycles. The van der Waals surface area contributed by atoms with Gasteiger partial charge in [-0.15, -0.1) is 0 Å². The van der Waals surface area contributed by atoms with Crippen molar-refractivity contribution in [3.8, 4) is 22.5 Å². The molecule has 25 heavy (non-hydrogen) atoms. The van der Waals surface area contributed by atoms with Crippen molar-refractivity contribution in [3.63, 3.8) is 0 Å². The third kappa shape index (κ3) is 3.66. The van der Waals surface area contributed by atoms with E-state index in [9.17, 15) is 4.79 Å². The lowest BCUT2D eigenvalue weighted by Gasteiger charge is -2.19. The van der Waals surface area contributed by atoms with Crippen molar-refractivity contribution >= 4 is 5.97 Å². The minimum absolute atomic E-state index is 0.154. The number of carbonyl (C=O) groups excluding carboxylic acids is 1. The van der Waals surface area contributed by atoms with E-state index < -0.39 is 0 Å². The molecule has 0 fully saturated rings. The molecule has 3 aromatic rings. The van der Waals surface area contributed by atoms with Crippen LogP contribution in [0, 0.1) is 0 Å². The summed E-state index contributed by atoms with van der Waals surface area (Å²) in [6.07, 6.45) is 0. The zero-order chi connectivity index (χ0) is 18.0. The number of esters is 1. The van der Waals surface area contributed by atoms with Crippen molar-refractivity contribution in [1.29, 1.82) is 0 Å². The molecule has 0 saturated carbocycles. The maximum atomic E-state index is 11.5. The molecule has 1 heterocycles. The van der Waals surface area contributed by atoms with E-state index in [1.807, 2.05) is 12.1 Å². The number of ether oxygens (including phenoxy) is 1. The average Bonchev–Trinajstić information content (AvgIpc) is 3.10. The molecule has 2 aromatic carbocycles. The van der Waals surface area contributed by atoms with Gasteiger partial charge >= 0.3 is 5.97 Å². The summed E-state index contributed by atoms with van der Waals surface area (Å²) in [6, 6.07) is 20.2. The highest BCUT2D eigenvalue weighted by atomic mass is 16.5. The topological polar surface area (TPSA) is 42.1 Å². The highest BCUT2D eigenvalue weighted by Crippen LogP contribution is 2.28. The molecule has 3 nitrogen and oxygen atoms in total. The quantitative estimate of drug-likeness (QED) is 0.649. The summed E-state index contributed by atoms with van der Waals surface area (Å²) < 4.78 is 4.73. The van der Waals surface area contributed by atoms with Gasteiger partial charge in [-0.05, 0) is 46.4 Å². The molecule has 0 aliphatic carbocycles. The Kier molecular flexibility index (Phi) is 4.49. The Hall–Kier alpha value is -2.81. The van der Waals surface area contributed by atoms with Crippen LogP contribution in [0.15, 0.2) is 60.7 Å². The number of benzene rings is 2. The highest BCUT2D eigenvalue weighted by molar-refractivity contribution is 5.89. The first-order chi connectivity index (χ1) is 11.9. The number of aromatic nitrogens is 1. The maximum absolute atomic E-state index is 11.5. The van der Waals surface area contributed by atoms with Gasteiger partial charge in [0.2, 0.25) is 0 Å². The largest absolute Gasteiger partial charge is 0.465 e. The Labute approximate surface area is 148 Å². The smallest absolute Gasteiger partial charge is 0.337 e. The first-order valence-corrected chi connectivity index (χ1v) is 8.37. The van der Waals surface area contributed by atoms with Gasteiger partial charge in [0.25, 0.3) is 0 Å². The second-order valence-electron chi connectivity index (χ2n) is 7.18. The van der Waals surface area contributed by atoms with Crippen molar-refractivity contribution < 1.29 is 9.53 Å². The van der Waals surface area contributed by atoms with E-state index in [-0.39, 0.29) is 11.4 Å². The first-order valence-electron chi connectivity index (χ1n) is 8.37. The molecule has 0 spiro atoms. The SMILES string of the molecule is COC(=O)c1ccc(-c2ccc(-c3ccc(C(C)(C)C)cc3)[nH]2)cc1. The third-order valence-electron chi connectivity index (χ3n) is 4.36. The molecule has 128 valence electrons. The lowest BCUT2D eigenvalue weighted by molar-refractivity contribution is 0.0601. The van der Waals surface area contributed by atoms with Crippen LogP contribution in [0.3, 0.4) is 0 Å². The molecule has 0 saturated heterocycles. The summed E-state index contributed by atoms with van der Waals surface area (Å²) in [7, 11) is 1.39. The molecule has 0 unspecified atom stereocenters. The molecule has 0 atom stereocenters. The van der Waals surface area contributed by atoms with Crippen LogP contribution >= 0.6 is 0 Å². The van der Waals surface area contributed by atoms with Crippen molar-refractivity contribution in [2.24, 2.45) is 0 Å². The van der Waals surface area contributed by atoms with Gasteiger partial charge < -0.3 is 9.72 Å². The molecule has 0 aliphatic rings. The molecular weight excluding hydrogens is 310 g/mol. The monoisotopic (exact) mass is 333 g/mol. The third-order valence-corrected chi connectivity index (χ3v) is 4.36. The Morgan fingerprint density at radius 2 is 1.28 bits per heavy atom. The van der Waals surface area contributed by atoms with Gasteiger partial charge in [0.05, 0.1) is 12.7 Å². The van der Waals surface area contributed by atoms with Gasteiger partial charge in [0.15, 0.2) is 0 Å². The van der Waals surface area contributed by atoms with Crippen molar-refractivity contribution in [1.82, 2.24) is 4.98 Å². The van der Waals surface area contributed by atoms with Crippen molar-refractivity contribution in [2.45, 2.75) is 26.2 Å². The van der Waals surface area contributed by atoms with Gasteiger partial charge in [0, 0.05) is 11.4 Å². The van der Waals surface area contributed by atoms with Gasteiger partial charge in [-0.1, -0.05) is 57.2 Å². The van der Waals surface area contributed by atoms with E-state index in [0.29, 0.717) is 5.56 Å². The fourth-order valence-electron chi connectivity index (χ4n) is 2.79. The Morgan fingerprint density at radius 1 is 0.800 bits per heavy atom. The van der Waals surface area contributed by atoms with E-state index >= 15 is 0 Å². The minimum Gasteiger partial charge on any atom is -0.465 e. The summed E-state index contributed by atoms with van der Waals surface area (Å²) in [5.74, 6) is -0.322. The number of hydrogen-bond donors (Lipinski definition) is 1. The van der Waals surface area contributed by atoms with Gasteiger partial charge in [-0.3, -0.25) is 0 Å². The van der Waals surface area contributed by atoms with Crippen LogP contribution in [-0.4, -0.2) is 18.1 Å². The van der Waals surface area contributed by atoms with Gasteiger partial charge in [-0.25, -0.2) is 4.79 Å². The zero-order valence-electron chi connectivity index (χ0n) is 15.1. The normalized spacial score (nSPS) is 11.4. The van der Waals surface area contributed by atoms with Crippen LogP contribution < -0.4 is 0 Å². The molecule has 0 aliphatic heterocycles. The van der Waals surface area contributed by atoms with E-state index in [4.69, 9.17) is 4.74 Å². The molecule has 0 radical (unpaired) electrons. The standard InChI is InChI=1S/C22H23NO2/c1-22(2,3)18-11-9-16(10-12-18)20-14-13-19(23-20)15-5-7-17(8-6-15)21(24)25-4/h5-14,23H,1-4H3. The summed E-state index contributed by atoms with van der Waals surface area (Å²) in [5.41, 5.74) is 6.31. The number of H-pyrrole nitrogens is 1. The molecule has 0 bridgehead atoms. The van der Waals surface area contributed by atoms with E-state index in [2.05, 4.69) is 62.2 Å². The highest BCUT2D eigenvalue weighted by Gasteiger charge is 2.13. The number of nitrogens with one attached hydrogen (secondary N) is 1. The second-order valence-corrected chi connectivity index (χ2v) is 7.18. The number of aromatic amines is 1. The molecule has 0 amide bonds. The molecule has 3 heteroatoms. The lowest BCUT2D eigenvalue weighted by atomic mass is 9.86. The average molecular weight is 333 g/mol. The molecule has 3 rings (SSSR count). The number of hydrogen-bond acceptors (Lipinski definition) is 2. The summed E-state index contributed by atoms with van der Waals surface area (Å²) in [5, 5.41) is 0. The predicted octanol–water partition coefficient (Wildman–Crippen LogP) is 5.43. The molecule has 1 N–H and O–H groups in total.